The van der Waals surface area contributed by atoms with Crippen molar-refractivity contribution in [3.8, 4) is 11.4 Å². The molecular formula is C40H52N6O8. The summed E-state index contributed by atoms with van der Waals surface area (Å²) in [7, 11) is 0. The average molecular weight is 745 g/mol. The largest absolute Gasteiger partial charge is 0.458 e. The van der Waals surface area contributed by atoms with Crippen molar-refractivity contribution in [1.29, 1.82) is 0 Å². The van der Waals surface area contributed by atoms with Crippen LogP contribution in [0.3, 0.4) is 0 Å². The van der Waals surface area contributed by atoms with Gasteiger partial charge >= 0.3 is 5.97 Å². The van der Waals surface area contributed by atoms with Crippen LogP contribution in [0.2, 0.25) is 0 Å². The van der Waals surface area contributed by atoms with Gasteiger partial charge in [0.1, 0.15) is 24.3 Å². The van der Waals surface area contributed by atoms with Gasteiger partial charge in [-0.2, -0.15) is 0 Å². The van der Waals surface area contributed by atoms with Gasteiger partial charge in [-0.25, -0.2) is 9.78 Å². The Morgan fingerprint density at radius 3 is 2.41 bits per heavy atom. The molecule has 1 aromatic carbocycles. The van der Waals surface area contributed by atoms with Gasteiger partial charge in [0.2, 0.25) is 11.8 Å². The first-order chi connectivity index (χ1) is 25.3. The molecule has 0 fully saturated rings. The molecule has 3 aromatic rings. The number of cyclic esters (lactones) is 1. The predicted molar refractivity (Wildman–Crippen MR) is 202 cm³/mol. The highest BCUT2D eigenvalue weighted by molar-refractivity contribution is 6.02. The highest BCUT2D eigenvalue weighted by atomic mass is 16.6. The Morgan fingerprint density at radius 1 is 1.04 bits per heavy atom. The van der Waals surface area contributed by atoms with E-state index in [1.165, 1.54) is 0 Å². The normalized spacial score (nSPS) is 18.7. The first-order valence-corrected chi connectivity index (χ1v) is 18.8. The van der Waals surface area contributed by atoms with E-state index in [-0.39, 0.29) is 48.8 Å². The third-order valence-corrected chi connectivity index (χ3v) is 10.9. The number of pyridine rings is 2. The second-order valence-corrected chi connectivity index (χ2v) is 16.4. The molecule has 3 atom stereocenters. The maximum absolute atomic E-state index is 13.7. The summed E-state index contributed by atoms with van der Waals surface area (Å²) >= 11 is 0. The molecule has 0 radical (unpaired) electrons. The summed E-state index contributed by atoms with van der Waals surface area (Å²) < 4.78 is 12.7. The topological polar surface area (TPSA) is 204 Å². The van der Waals surface area contributed by atoms with Crippen LogP contribution >= 0.6 is 0 Å². The van der Waals surface area contributed by atoms with Crippen molar-refractivity contribution in [2.24, 2.45) is 11.7 Å². The Bertz CT molecular complexity index is 2120. The van der Waals surface area contributed by atoms with Crippen LogP contribution in [0.25, 0.3) is 22.3 Å². The lowest BCUT2D eigenvalue weighted by molar-refractivity contribution is -0.172. The lowest BCUT2D eigenvalue weighted by Crippen LogP contribution is -2.57. The first kappa shape index (κ1) is 39.0. The molecule has 14 nitrogen and oxygen atoms in total. The SMILES string of the molecule is CC[C@@]1(O)C(=O)OCc2c1cc1n(c2=O)Cc2c-1nc1ccc(NC(=O)C(C)NC(=O)[C@@H](NC(=O)C(C)(C)OCCC(C)(C)N)C(C)C)c3c1c2CCC3. The number of nitrogens with one attached hydrogen (secondary N) is 3. The van der Waals surface area contributed by atoms with E-state index in [4.69, 9.17) is 20.2 Å². The minimum absolute atomic E-state index is 0.0581. The number of esters is 1. The number of ether oxygens (including phenoxy) is 2. The summed E-state index contributed by atoms with van der Waals surface area (Å²) in [6, 6.07) is 3.49. The van der Waals surface area contributed by atoms with E-state index in [0.29, 0.717) is 35.4 Å². The predicted octanol–water partition coefficient (Wildman–Crippen LogP) is 3.07. The van der Waals surface area contributed by atoms with Crippen molar-refractivity contribution >= 4 is 40.3 Å². The molecule has 3 amide bonds. The van der Waals surface area contributed by atoms with E-state index in [1.807, 2.05) is 33.8 Å². The van der Waals surface area contributed by atoms with Crippen LogP contribution in [0.15, 0.2) is 23.0 Å². The molecule has 3 aliphatic rings. The molecule has 1 aliphatic carbocycles. The van der Waals surface area contributed by atoms with Gasteiger partial charge in [0.25, 0.3) is 11.5 Å². The summed E-state index contributed by atoms with van der Waals surface area (Å²) in [5.74, 6) is -2.41. The van der Waals surface area contributed by atoms with Gasteiger partial charge in [-0.1, -0.05) is 20.8 Å². The van der Waals surface area contributed by atoms with Gasteiger partial charge < -0.3 is 40.8 Å². The zero-order valence-electron chi connectivity index (χ0n) is 32.4. The van der Waals surface area contributed by atoms with E-state index in [2.05, 4.69) is 16.0 Å². The quantitative estimate of drug-likeness (QED) is 0.134. The van der Waals surface area contributed by atoms with Crippen LogP contribution < -0.4 is 27.2 Å². The number of carbonyl (C=O) groups is 4. The zero-order chi connectivity index (χ0) is 39.5. The van der Waals surface area contributed by atoms with Crippen molar-refractivity contribution in [3.63, 3.8) is 0 Å². The number of aliphatic hydroxyl groups is 1. The van der Waals surface area contributed by atoms with Crippen molar-refractivity contribution in [2.75, 3.05) is 11.9 Å². The van der Waals surface area contributed by atoms with Crippen LogP contribution in [0.1, 0.15) is 102 Å². The number of anilines is 1. The molecule has 6 N–H and O–H groups in total. The Balaban J connectivity index is 1.21. The number of carbonyl (C=O) groups excluding carboxylic acids is 4. The lowest BCUT2D eigenvalue weighted by atomic mass is 9.85. The maximum Gasteiger partial charge on any atom is 0.343 e. The maximum atomic E-state index is 13.7. The molecule has 6 rings (SSSR count). The molecule has 2 aromatic heterocycles. The van der Waals surface area contributed by atoms with Crippen LogP contribution in [0, 0.1) is 5.92 Å². The Kier molecular flexibility index (Phi) is 10.3. The second-order valence-electron chi connectivity index (χ2n) is 16.4. The van der Waals surface area contributed by atoms with Crippen molar-refractivity contribution in [1.82, 2.24) is 20.2 Å². The van der Waals surface area contributed by atoms with E-state index < -0.39 is 52.5 Å². The highest BCUT2D eigenvalue weighted by Gasteiger charge is 2.45. The summed E-state index contributed by atoms with van der Waals surface area (Å²) in [6.07, 6.45) is 2.84. The molecule has 290 valence electrons. The monoisotopic (exact) mass is 744 g/mol. The molecule has 0 saturated carbocycles. The van der Waals surface area contributed by atoms with Gasteiger partial charge in [0.05, 0.1) is 29.0 Å². The number of aryl methyl sites for hydroxylation is 2. The van der Waals surface area contributed by atoms with E-state index >= 15 is 0 Å². The standard InChI is InChI=1S/C40H52N6O8/c1-9-40(52)26-17-29-32-24(18-46(29)35(49)25(26)19-53-37(40)51)22-11-10-12-23-27(13-14-28(43-32)30(22)23)44-33(47)21(4)42-34(48)31(20(2)3)45-36(50)39(7,8)54-16-15-38(5,6)41/h13-14,17,20-21,31,52H,9-12,15-16,18-19,41H2,1-8H3,(H,42,48)(H,44,47)(H,45,50)/t21?,31-,40-/m0/s1. The zero-order valence-corrected chi connectivity index (χ0v) is 32.4. The van der Waals surface area contributed by atoms with Crippen molar-refractivity contribution < 1.29 is 33.8 Å². The highest BCUT2D eigenvalue weighted by Crippen LogP contribution is 2.43. The number of hydrogen-bond donors (Lipinski definition) is 5. The summed E-state index contributed by atoms with van der Waals surface area (Å²) in [6.45, 7) is 14.3. The molecule has 0 spiro atoms. The second kappa shape index (κ2) is 14.2. The van der Waals surface area contributed by atoms with Crippen LogP contribution in [0.4, 0.5) is 5.69 Å². The van der Waals surface area contributed by atoms with Gasteiger partial charge in [0, 0.05) is 34.3 Å². The van der Waals surface area contributed by atoms with E-state index in [9.17, 15) is 29.1 Å². The van der Waals surface area contributed by atoms with Gasteiger partial charge in [0.15, 0.2) is 5.60 Å². The number of fused-ring (bicyclic) bond motifs is 5. The lowest BCUT2D eigenvalue weighted by Gasteiger charge is -2.31. The van der Waals surface area contributed by atoms with E-state index in [0.717, 1.165) is 34.9 Å². The number of nitrogens with two attached hydrogens (primary N) is 1. The molecule has 1 unspecified atom stereocenters. The minimum atomic E-state index is -1.91. The molecule has 2 aliphatic heterocycles. The smallest absolute Gasteiger partial charge is 0.343 e. The number of rotatable bonds is 12. The van der Waals surface area contributed by atoms with Crippen molar-refractivity contribution in [3.05, 3.63) is 56.4 Å². The molecule has 0 bridgehead atoms. The molecule has 14 heteroatoms. The van der Waals surface area contributed by atoms with Gasteiger partial charge in [-0.15, -0.1) is 0 Å². The summed E-state index contributed by atoms with van der Waals surface area (Å²) in [5.41, 5.74) is 8.05. The Labute approximate surface area is 314 Å². The Morgan fingerprint density at radius 2 is 1.74 bits per heavy atom. The first-order valence-electron chi connectivity index (χ1n) is 18.8. The van der Waals surface area contributed by atoms with Crippen LogP contribution in [-0.4, -0.2) is 68.2 Å². The van der Waals surface area contributed by atoms with Crippen molar-refractivity contribution in [2.45, 2.75) is 129 Å². The van der Waals surface area contributed by atoms with Gasteiger partial charge in [-0.05, 0) is 102 Å². The van der Waals surface area contributed by atoms with E-state index in [1.54, 1.807) is 44.4 Å². The van der Waals surface area contributed by atoms with Gasteiger partial charge in [-0.3, -0.25) is 19.2 Å². The average Bonchev–Trinajstić information content (AvgIpc) is 3.48. The Hall–Kier alpha value is -4.66. The molecular weight excluding hydrogens is 692 g/mol. The third kappa shape index (κ3) is 7.02. The number of aromatic nitrogens is 2. The number of hydrogen-bond acceptors (Lipinski definition) is 10. The molecule has 4 heterocycles. The minimum Gasteiger partial charge on any atom is -0.458 e. The number of nitrogens with zero attached hydrogens (tertiary/aromatic N) is 2. The summed E-state index contributed by atoms with van der Waals surface area (Å²) in [4.78, 5) is 71.6. The third-order valence-electron chi connectivity index (χ3n) is 10.9. The van der Waals surface area contributed by atoms with Crippen LogP contribution in [-0.2, 0) is 60.2 Å². The molecule has 54 heavy (non-hydrogen) atoms. The fourth-order valence-corrected chi connectivity index (χ4v) is 7.53. The molecule has 0 saturated heterocycles. The number of amides is 3. The summed E-state index contributed by atoms with van der Waals surface area (Å²) in [5, 5.41) is 20.8. The number of benzene rings is 1. The fraction of sp³-hybridized carbons (Fsp3) is 0.550. The van der Waals surface area contributed by atoms with Crippen LogP contribution in [0.5, 0.6) is 0 Å². The fourth-order valence-electron chi connectivity index (χ4n) is 7.53.